The molecule has 0 saturated heterocycles. The Kier molecular flexibility index (Phi) is 4.91. The summed E-state index contributed by atoms with van der Waals surface area (Å²) < 4.78 is 5.14. The van der Waals surface area contributed by atoms with E-state index in [4.69, 9.17) is 4.74 Å². The molecule has 0 saturated carbocycles. The first-order chi connectivity index (χ1) is 9.67. The van der Waals surface area contributed by atoms with Crippen molar-refractivity contribution < 1.29 is 9.53 Å². The zero-order chi connectivity index (χ0) is 14.4. The number of ketones is 1. The SMILES string of the molecule is COc1cccc(/C=C/C(=O)/C=C/c2ccc(C)s2)c1. The number of rotatable bonds is 5. The van der Waals surface area contributed by atoms with E-state index >= 15 is 0 Å². The Morgan fingerprint density at radius 3 is 2.65 bits per heavy atom. The molecule has 2 aromatic rings. The zero-order valence-corrected chi connectivity index (χ0v) is 12.3. The van der Waals surface area contributed by atoms with Gasteiger partial charge in [-0.25, -0.2) is 0 Å². The summed E-state index contributed by atoms with van der Waals surface area (Å²) in [7, 11) is 1.62. The number of hydrogen-bond donors (Lipinski definition) is 0. The van der Waals surface area contributed by atoms with Gasteiger partial charge in [0, 0.05) is 9.75 Å². The first-order valence-corrected chi connectivity index (χ1v) is 7.09. The summed E-state index contributed by atoms with van der Waals surface area (Å²) >= 11 is 1.67. The predicted octanol–water partition coefficient (Wildman–Crippen LogP) is 4.36. The monoisotopic (exact) mass is 284 g/mol. The minimum Gasteiger partial charge on any atom is -0.497 e. The fourth-order valence-corrected chi connectivity index (χ4v) is 2.47. The molecule has 0 spiro atoms. The molecule has 0 atom stereocenters. The standard InChI is InChI=1S/C17H16O2S/c1-13-6-10-17(20-13)11-9-15(18)8-7-14-4-3-5-16(12-14)19-2/h3-12H,1-2H3/b8-7+,11-9+. The van der Waals surface area contributed by atoms with Crippen LogP contribution in [0.1, 0.15) is 15.3 Å². The molecule has 0 radical (unpaired) electrons. The van der Waals surface area contributed by atoms with Crippen molar-refractivity contribution in [3.8, 4) is 5.75 Å². The van der Waals surface area contributed by atoms with Gasteiger partial charge in [0.1, 0.15) is 5.75 Å². The van der Waals surface area contributed by atoms with Crippen molar-refractivity contribution in [3.63, 3.8) is 0 Å². The number of carbonyl (C=O) groups excluding carboxylic acids is 1. The second kappa shape index (κ2) is 6.87. The van der Waals surface area contributed by atoms with Crippen LogP contribution in [0.2, 0.25) is 0 Å². The van der Waals surface area contributed by atoms with E-state index in [0.717, 1.165) is 16.2 Å². The van der Waals surface area contributed by atoms with Gasteiger partial charge in [0.2, 0.25) is 0 Å². The quantitative estimate of drug-likeness (QED) is 0.762. The molecule has 0 aliphatic rings. The number of thiophene rings is 1. The van der Waals surface area contributed by atoms with Crippen LogP contribution in [0.3, 0.4) is 0 Å². The molecule has 2 rings (SSSR count). The number of aryl methyl sites for hydroxylation is 1. The fraction of sp³-hybridized carbons (Fsp3) is 0.118. The average molecular weight is 284 g/mol. The van der Waals surface area contributed by atoms with Gasteiger partial charge in [-0.05, 0) is 55.0 Å². The molecule has 0 amide bonds. The Morgan fingerprint density at radius 2 is 1.95 bits per heavy atom. The third kappa shape index (κ3) is 4.21. The molecular weight excluding hydrogens is 268 g/mol. The van der Waals surface area contributed by atoms with Gasteiger partial charge < -0.3 is 4.74 Å². The average Bonchev–Trinajstić information content (AvgIpc) is 2.89. The Labute approximate surface area is 123 Å². The van der Waals surface area contributed by atoms with Crippen molar-refractivity contribution in [2.75, 3.05) is 7.11 Å². The third-order valence-corrected chi connectivity index (χ3v) is 3.67. The summed E-state index contributed by atoms with van der Waals surface area (Å²) in [6, 6.07) is 11.6. The van der Waals surface area contributed by atoms with Crippen LogP contribution in [0.25, 0.3) is 12.2 Å². The topological polar surface area (TPSA) is 26.3 Å². The summed E-state index contributed by atoms with van der Waals surface area (Å²) in [4.78, 5) is 14.1. The maximum atomic E-state index is 11.8. The summed E-state index contributed by atoms with van der Waals surface area (Å²) in [5.74, 6) is 0.753. The van der Waals surface area contributed by atoms with E-state index in [1.165, 1.54) is 4.88 Å². The molecule has 3 heteroatoms. The minimum atomic E-state index is -0.0288. The van der Waals surface area contributed by atoms with Crippen molar-refractivity contribution in [3.05, 3.63) is 63.9 Å². The van der Waals surface area contributed by atoms with Gasteiger partial charge in [0.05, 0.1) is 7.11 Å². The Hall–Kier alpha value is -2.13. The number of allylic oxidation sites excluding steroid dienone is 2. The zero-order valence-electron chi connectivity index (χ0n) is 11.5. The van der Waals surface area contributed by atoms with Crippen LogP contribution in [-0.2, 0) is 4.79 Å². The van der Waals surface area contributed by atoms with Crippen molar-refractivity contribution in [1.82, 2.24) is 0 Å². The van der Waals surface area contributed by atoms with E-state index in [1.54, 1.807) is 36.7 Å². The maximum absolute atomic E-state index is 11.8. The van der Waals surface area contributed by atoms with Gasteiger partial charge >= 0.3 is 0 Å². The highest BCUT2D eigenvalue weighted by Crippen LogP contribution is 2.16. The molecule has 2 nitrogen and oxygen atoms in total. The molecule has 0 N–H and O–H groups in total. The maximum Gasteiger partial charge on any atom is 0.178 e. The molecule has 102 valence electrons. The van der Waals surface area contributed by atoms with Crippen LogP contribution in [0.15, 0.2) is 48.6 Å². The summed E-state index contributed by atoms with van der Waals surface area (Å²) in [5.41, 5.74) is 0.943. The van der Waals surface area contributed by atoms with Crippen LogP contribution in [0, 0.1) is 6.92 Å². The molecule has 1 heterocycles. The highest BCUT2D eigenvalue weighted by atomic mass is 32.1. The smallest absolute Gasteiger partial charge is 0.178 e. The van der Waals surface area contributed by atoms with Crippen molar-refractivity contribution in [2.45, 2.75) is 6.92 Å². The van der Waals surface area contributed by atoms with Crippen molar-refractivity contribution in [2.24, 2.45) is 0 Å². The molecular formula is C17H16O2S. The summed E-state index contributed by atoms with van der Waals surface area (Å²) in [6.45, 7) is 2.05. The first-order valence-electron chi connectivity index (χ1n) is 6.28. The van der Waals surface area contributed by atoms with Gasteiger partial charge in [-0.2, -0.15) is 0 Å². The molecule has 0 fully saturated rings. The van der Waals surface area contributed by atoms with Crippen LogP contribution in [-0.4, -0.2) is 12.9 Å². The van der Waals surface area contributed by atoms with Crippen LogP contribution in [0.5, 0.6) is 5.75 Å². The number of ether oxygens (including phenoxy) is 1. The lowest BCUT2D eigenvalue weighted by molar-refractivity contribution is -0.110. The van der Waals surface area contributed by atoms with Gasteiger partial charge in [-0.3, -0.25) is 4.79 Å². The number of carbonyl (C=O) groups is 1. The van der Waals surface area contributed by atoms with Crippen molar-refractivity contribution >= 4 is 29.3 Å². The Morgan fingerprint density at radius 1 is 1.15 bits per heavy atom. The molecule has 0 unspecified atom stereocenters. The molecule has 0 bridgehead atoms. The molecule has 1 aromatic carbocycles. The van der Waals surface area contributed by atoms with E-state index in [2.05, 4.69) is 0 Å². The fourth-order valence-electron chi connectivity index (χ4n) is 1.69. The Balaban J connectivity index is 2.00. The van der Waals surface area contributed by atoms with Crippen LogP contribution in [0.4, 0.5) is 0 Å². The van der Waals surface area contributed by atoms with Gasteiger partial charge in [0.15, 0.2) is 5.78 Å². The second-order valence-corrected chi connectivity index (χ2v) is 5.61. The highest BCUT2D eigenvalue weighted by Gasteiger charge is 1.95. The molecule has 1 aromatic heterocycles. The third-order valence-electron chi connectivity index (χ3n) is 2.71. The van der Waals surface area contributed by atoms with E-state index < -0.39 is 0 Å². The lowest BCUT2D eigenvalue weighted by Crippen LogP contribution is -1.85. The van der Waals surface area contributed by atoms with Gasteiger partial charge in [-0.1, -0.05) is 18.2 Å². The number of benzene rings is 1. The predicted molar refractivity (Wildman–Crippen MR) is 85.1 cm³/mol. The van der Waals surface area contributed by atoms with E-state index in [0.29, 0.717) is 0 Å². The van der Waals surface area contributed by atoms with E-state index in [1.807, 2.05) is 49.4 Å². The lowest BCUT2D eigenvalue weighted by atomic mass is 10.2. The minimum absolute atomic E-state index is 0.0288. The lowest BCUT2D eigenvalue weighted by Gasteiger charge is -1.99. The molecule has 20 heavy (non-hydrogen) atoms. The van der Waals surface area contributed by atoms with Gasteiger partial charge in [0.25, 0.3) is 0 Å². The largest absolute Gasteiger partial charge is 0.497 e. The van der Waals surface area contributed by atoms with Crippen molar-refractivity contribution in [1.29, 1.82) is 0 Å². The number of hydrogen-bond acceptors (Lipinski definition) is 3. The number of methoxy groups -OCH3 is 1. The normalized spacial score (nSPS) is 11.3. The highest BCUT2D eigenvalue weighted by molar-refractivity contribution is 7.12. The van der Waals surface area contributed by atoms with Crippen LogP contribution < -0.4 is 4.74 Å². The van der Waals surface area contributed by atoms with Gasteiger partial charge in [-0.15, -0.1) is 11.3 Å². The second-order valence-electron chi connectivity index (χ2n) is 4.29. The summed E-state index contributed by atoms with van der Waals surface area (Å²) in [6.07, 6.45) is 6.78. The molecule has 0 aliphatic carbocycles. The van der Waals surface area contributed by atoms with E-state index in [-0.39, 0.29) is 5.78 Å². The molecule has 0 aliphatic heterocycles. The summed E-state index contributed by atoms with van der Waals surface area (Å²) in [5, 5.41) is 0. The van der Waals surface area contributed by atoms with E-state index in [9.17, 15) is 4.79 Å². The first kappa shape index (κ1) is 14.3. The van der Waals surface area contributed by atoms with Crippen LogP contribution >= 0.6 is 11.3 Å². The Bertz CT molecular complexity index is 651.